The summed E-state index contributed by atoms with van der Waals surface area (Å²) in [5, 5.41) is 14.5. The van der Waals surface area contributed by atoms with Crippen molar-refractivity contribution in [3.8, 4) is 0 Å². The maximum Gasteiger partial charge on any atom is 0.333 e. The highest BCUT2D eigenvalue weighted by atomic mass is 32.2. The molecule has 3 saturated carbocycles. The minimum Gasteiger partial charge on any atom is -0.467 e. The molecule has 2 bridgehead atoms. The maximum atomic E-state index is 12.8. The number of benzene rings is 1. The highest BCUT2D eigenvalue weighted by Gasteiger charge is 2.72. The Labute approximate surface area is 167 Å². The number of esters is 1. The molecule has 3 fully saturated rings. The summed E-state index contributed by atoms with van der Waals surface area (Å²) in [4.78, 5) is 26.7. The fraction of sp³-hybridized carbons (Fsp3) is 0.556. The molecule has 1 heterocycles. The Morgan fingerprint density at radius 3 is 2.52 bits per heavy atom. The van der Waals surface area contributed by atoms with E-state index in [4.69, 9.17) is 4.74 Å². The molecule has 156 valence electrons. The van der Waals surface area contributed by atoms with Gasteiger partial charge in [-0.25, -0.2) is 17.9 Å². The Balaban J connectivity index is 1.50. The van der Waals surface area contributed by atoms with Gasteiger partial charge in [-0.05, 0) is 39.2 Å². The first-order valence-electron chi connectivity index (χ1n) is 9.15. The van der Waals surface area contributed by atoms with E-state index < -0.39 is 43.7 Å². The number of amidine groups is 1. The lowest BCUT2D eigenvalue weighted by Crippen LogP contribution is -2.78. The molecule has 0 radical (unpaired) electrons. The number of nitrogens with one attached hydrogen (secondary N) is 2. The second kappa shape index (κ2) is 5.99. The average Bonchev–Trinajstić information content (AvgIpc) is 2.91. The van der Waals surface area contributed by atoms with Gasteiger partial charge in [-0.1, -0.05) is 12.1 Å². The quantitative estimate of drug-likeness (QED) is 0.398. The molecule has 1 atom stereocenters. The van der Waals surface area contributed by atoms with E-state index in [1.54, 1.807) is 0 Å². The van der Waals surface area contributed by atoms with E-state index in [0.717, 1.165) is 0 Å². The minimum atomic E-state index is -4.04. The van der Waals surface area contributed by atoms with Gasteiger partial charge in [-0.2, -0.15) is 0 Å². The lowest BCUT2D eigenvalue weighted by Gasteiger charge is -2.70. The van der Waals surface area contributed by atoms with Crippen LogP contribution in [0, 0.1) is 15.5 Å². The molecule has 1 aromatic carbocycles. The van der Waals surface area contributed by atoms with Crippen molar-refractivity contribution in [1.29, 1.82) is 0 Å². The van der Waals surface area contributed by atoms with Crippen molar-refractivity contribution in [3.63, 3.8) is 0 Å². The first-order valence-corrected chi connectivity index (χ1v) is 10.6. The Morgan fingerprint density at radius 2 is 1.93 bits per heavy atom. The number of ether oxygens (including phenoxy) is 1. The number of rotatable bonds is 6. The summed E-state index contributed by atoms with van der Waals surface area (Å²) in [5.74, 6) is 0.278. The van der Waals surface area contributed by atoms with Crippen molar-refractivity contribution in [2.75, 3.05) is 7.11 Å². The molecule has 1 aliphatic heterocycles. The van der Waals surface area contributed by atoms with Crippen LogP contribution in [0.2, 0.25) is 0 Å². The number of aliphatic imine (C=N–C) groups is 1. The van der Waals surface area contributed by atoms with Gasteiger partial charge in [0.1, 0.15) is 5.84 Å². The molecule has 0 saturated heterocycles. The van der Waals surface area contributed by atoms with Crippen LogP contribution in [0.1, 0.15) is 33.1 Å². The first-order chi connectivity index (χ1) is 13.4. The zero-order chi connectivity index (χ0) is 21.2. The summed E-state index contributed by atoms with van der Waals surface area (Å²) in [6.45, 7) is 3.73. The minimum absolute atomic E-state index is 0.300. The first kappa shape index (κ1) is 19.8. The predicted molar refractivity (Wildman–Crippen MR) is 103 cm³/mol. The number of nitro benzene ring substituents is 1. The molecule has 3 aliphatic carbocycles. The molecule has 1 aromatic rings. The van der Waals surface area contributed by atoms with Crippen LogP contribution in [0.15, 0.2) is 34.2 Å². The zero-order valence-corrected chi connectivity index (χ0v) is 17.1. The number of hydrogen-bond donors (Lipinski definition) is 2. The number of hydrogen-bond acceptors (Lipinski definition) is 8. The van der Waals surface area contributed by atoms with E-state index in [9.17, 15) is 23.3 Å². The van der Waals surface area contributed by atoms with Crippen LogP contribution in [0.3, 0.4) is 0 Å². The fourth-order valence-electron chi connectivity index (χ4n) is 4.75. The largest absolute Gasteiger partial charge is 0.467 e. The van der Waals surface area contributed by atoms with E-state index in [2.05, 4.69) is 15.0 Å². The number of carbonyl (C=O) groups is 1. The molecule has 2 N–H and O–H groups in total. The van der Waals surface area contributed by atoms with Gasteiger partial charge in [0.15, 0.2) is 10.9 Å². The second-order valence-electron chi connectivity index (χ2n) is 8.67. The number of nitro groups is 1. The summed E-state index contributed by atoms with van der Waals surface area (Å²) in [5.41, 5.74) is -1.98. The lowest BCUT2D eigenvalue weighted by molar-refractivity contribution is -0.387. The summed E-state index contributed by atoms with van der Waals surface area (Å²) in [6.07, 6.45) is 1.57. The highest BCUT2D eigenvalue weighted by molar-refractivity contribution is 7.89. The molecule has 29 heavy (non-hydrogen) atoms. The van der Waals surface area contributed by atoms with Gasteiger partial charge in [0.25, 0.3) is 5.69 Å². The third-order valence-corrected chi connectivity index (χ3v) is 7.67. The summed E-state index contributed by atoms with van der Waals surface area (Å²) < 4.78 is 33.0. The molecule has 0 amide bonds. The Morgan fingerprint density at radius 1 is 1.31 bits per heavy atom. The number of methoxy groups -OCH3 is 1. The molecule has 11 heteroatoms. The van der Waals surface area contributed by atoms with Crippen molar-refractivity contribution in [3.05, 3.63) is 34.4 Å². The van der Waals surface area contributed by atoms with Gasteiger partial charge in [0.2, 0.25) is 10.0 Å². The van der Waals surface area contributed by atoms with Gasteiger partial charge in [0.05, 0.1) is 17.6 Å². The van der Waals surface area contributed by atoms with Crippen LogP contribution in [-0.2, 0) is 19.6 Å². The van der Waals surface area contributed by atoms with Crippen molar-refractivity contribution < 1.29 is 22.9 Å². The smallest absolute Gasteiger partial charge is 0.333 e. The molecule has 0 spiro atoms. The Bertz CT molecular complexity index is 1030. The van der Waals surface area contributed by atoms with Crippen molar-refractivity contribution in [2.45, 2.75) is 55.1 Å². The van der Waals surface area contributed by atoms with Crippen LogP contribution >= 0.6 is 0 Å². The number of para-hydroxylation sites is 1. The van der Waals surface area contributed by atoms with Crippen LogP contribution in [-0.4, -0.2) is 49.4 Å². The predicted octanol–water partition coefficient (Wildman–Crippen LogP) is 1.12. The van der Waals surface area contributed by atoms with Gasteiger partial charge in [-0.3, -0.25) is 15.1 Å². The van der Waals surface area contributed by atoms with Crippen LogP contribution < -0.4 is 10.0 Å². The standard InChI is InChI=1S/C18H22N4O6S/c1-16(2)13(14(23)28-3)19-15(20-16)17-8-18(9-17,10-17)21-29(26,27)12-7-5-4-6-11(12)22(24)25/h4-7,13,21H,8-10H2,1-3H3,(H,19,20)/t13-,17?,18?/m0/s1. The van der Waals surface area contributed by atoms with E-state index in [1.165, 1.54) is 31.4 Å². The van der Waals surface area contributed by atoms with Crippen molar-refractivity contribution in [1.82, 2.24) is 10.0 Å². The van der Waals surface area contributed by atoms with E-state index >= 15 is 0 Å². The van der Waals surface area contributed by atoms with Crippen molar-refractivity contribution in [2.24, 2.45) is 10.4 Å². The fourth-order valence-corrected chi connectivity index (χ4v) is 6.32. The third-order valence-electron chi connectivity index (χ3n) is 6.04. The molecule has 10 nitrogen and oxygen atoms in total. The average molecular weight is 422 g/mol. The lowest BCUT2D eigenvalue weighted by atomic mass is 9.39. The molecule has 5 rings (SSSR count). The highest BCUT2D eigenvalue weighted by Crippen LogP contribution is 2.68. The third kappa shape index (κ3) is 2.91. The topological polar surface area (TPSA) is 140 Å². The van der Waals surface area contributed by atoms with Crippen LogP contribution in [0.4, 0.5) is 5.69 Å². The summed E-state index contributed by atoms with van der Waals surface area (Å²) in [6, 6.07) is 4.63. The maximum absolute atomic E-state index is 12.8. The van der Waals surface area contributed by atoms with Crippen LogP contribution in [0.25, 0.3) is 0 Å². The number of carbonyl (C=O) groups excluding carboxylic acids is 1. The number of nitrogens with zero attached hydrogens (tertiary/aromatic N) is 2. The molecule has 0 unspecified atom stereocenters. The van der Waals surface area contributed by atoms with E-state index in [-0.39, 0.29) is 10.3 Å². The second-order valence-corrected chi connectivity index (χ2v) is 10.3. The normalized spacial score (nSPS) is 31.7. The van der Waals surface area contributed by atoms with Gasteiger partial charge < -0.3 is 10.1 Å². The Hall–Kier alpha value is -2.53. The van der Waals surface area contributed by atoms with Gasteiger partial charge in [0, 0.05) is 17.0 Å². The zero-order valence-electron chi connectivity index (χ0n) is 16.3. The Kier molecular flexibility index (Phi) is 4.08. The molecule has 0 aromatic heterocycles. The van der Waals surface area contributed by atoms with Crippen molar-refractivity contribution >= 4 is 27.5 Å². The monoisotopic (exact) mass is 422 g/mol. The molecular weight excluding hydrogens is 400 g/mol. The van der Waals surface area contributed by atoms with E-state index in [0.29, 0.717) is 25.1 Å². The van der Waals surface area contributed by atoms with E-state index in [1.807, 2.05) is 13.8 Å². The van der Waals surface area contributed by atoms with Crippen LogP contribution in [0.5, 0.6) is 0 Å². The number of sulfonamides is 1. The summed E-state index contributed by atoms with van der Waals surface area (Å²) >= 11 is 0. The summed E-state index contributed by atoms with van der Waals surface area (Å²) in [7, 11) is -2.72. The molecular formula is C18H22N4O6S. The van der Waals surface area contributed by atoms with Gasteiger partial charge >= 0.3 is 5.97 Å². The van der Waals surface area contributed by atoms with Gasteiger partial charge in [-0.15, -0.1) is 0 Å². The SMILES string of the molecule is COC(=O)[C@@H]1N=C(C23CC(NS(=O)(=O)c4ccccc4[N+](=O)[O-])(C2)C3)NC1(C)C. The molecule has 4 aliphatic rings.